The van der Waals surface area contributed by atoms with Crippen LogP contribution in [0.25, 0.3) is 22.6 Å². The molecule has 0 radical (unpaired) electrons. The summed E-state index contributed by atoms with van der Waals surface area (Å²) in [6.07, 6.45) is 3.91. The van der Waals surface area contributed by atoms with Crippen LogP contribution in [-0.4, -0.2) is 63.2 Å². The number of carbonyl (C=O) groups is 1. The highest BCUT2D eigenvalue weighted by Crippen LogP contribution is 2.39. The Morgan fingerprint density at radius 2 is 1.78 bits per heavy atom. The minimum atomic E-state index is -3.71. The van der Waals surface area contributed by atoms with E-state index in [4.69, 9.17) is 9.47 Å². The SMILES string of the molecule is Cc1ccc(C)c(OCCn2cc(C=C3C(=O)N(C)c4ccc(S(=O)(=O)N5CCOCC5)cc43)c3ccccc32)c1. The second-order valence-corrected chi connectivity index (χ2v) is 12.5. The number of sulfonamides is 1. The van der Waals surface area contributed by atoms with Crippen LogP contribution in [0.3, 0.4) is 0 Å². The van der Waals surface area contributed by atoms with Crippen LogP contribution in [0.15, 0.2) is 71.8 Å². The minimum Gasteiger partial charge on any atom is -0.491 e. The summed E-state index contributed by atoms with van der Waals surface area (Å²) in [7, 11) is -1.99. The molecule has 0 unspecified atom stereocenters. The highest BCUT2D eigenvalue weighted by atomic mass is 32.2. The van der Waals surface area contributed by atoms with Gasteiger partial charge in [0.25, 0.3) is 5.91 Å². The second-order valence-electron chi connectivity index (χ2n) is 10.5. The molecule has 41 heavy (non-hydrogen) atoms. The van der Waals surface area contributed by atoms with Crippen LogP contribution in [0.5, 0.6) is 5.75 Å². The maximum absolute atomic E-state index is 13.4. The van der Waals surface area contributed by atoms with Crippen LogP contribution in [0, 0.1) is 13.8 Å². The van der Waals surface area contributed by atoms with E-state index in [-0.39, 0.29) is 10.8 Å². The third-order valence-electron chi connectivity index (χ3n) is 7.82. The number of hydrogen-bond acceptors (Lipinski definition) is 5. The van der Waals surface area contributed by atoms with E-state index in [1.165, 1.54) is 4.31 Å². The molecule has 9 heteroatoms. The van der Waals surface area contributed by atoms with Crippen molar-refractivity contribution < 1.29 is 22.7 Å². The van der Waals surface area contributed by atoms with E-state index in [1.54, 1.807) is 30.1 Å². The number of morpholine rings is 1. The lowest BCUT2D eigenvalue weighted by atomic mass is 10.0. The van der Waals surface area contributed by atoms with E-state index in [0.29, 0.717) is 56.3 Å². The lowest BCUT2D eigenvalue weighted by molar-refractivity contribution is -0.112. The van der Waals surface area contributed by atoms with Crippen LogP contribution in [-0.2, 0) is 26.1 Å². The normalized spacial score (nSPS) is 17.0. The molecule has 2 aliphatic rings. The van der Waals surface area contributed by atoms with Crippen LogP contribution >= 0.6 is 0 Å². The average molecular weight is 572 g/mol. The van der Waals surface area contributed by atoms with Crippen molar-refractivity contribution in [1.29, 1.82) is 0 Å². The van der Waals surface area contributed by atoms with Crippen molar-refractivity contribution in [1.82, 2.24) is 8.87 Å². The van der Waals surface area contributed by atoms with Crippen LogP contribution in [0.1, 0.15) is 22.3 Å². The molecule has 2 aliphatic heterocycles. The maximum Gasteiger partial charge on any atom is 0.258 e. The monoisotopic (exact) mass is 571 g/mol. The first kappa shape index (κ1) is 27.3. The van der Waals surface area contributed by atoms with E-state index in [2.05, 4.69) is 22.8 Å². The molecule has 1 fully saturated rings. The molecule has 212 valence electrons. The van der Waals surface area contributed by atoms with Gasteiger partial charge in [0, 0.05) is 53.9 Å². The first-order valence-electron chi connectivity index (χ1n) is 13.7. The van der Waals surface area contributed by atoms with Crippen molar-refractivity contribution in [3.05, 3.63) is 89.1 Å². The Balaban J connectivity index is 1.34. The molecule has 1 saturated heterocycles. The van der Waals surface area contributed by atoms with E-state index in [9.17, 15) is 13.2 Å². The third kappa shape index (κ3) is 5.05. The number of hydrogen-bond donors (Lipinski definition) is 0. The van der Waals surface area contributed by atoms with Crippen molar-refractivity contribution in [3.8, 4) is 5.75 Å². The van der Waals surface area contributed by atoms with Gasteiger partial charge in [0.15, 0.2) is 0 Å². The number of likely N-dealkylation sites (N-methyl/N-ethyl adjacent to an activating group) is 1. The van der Waals surface area contributed by atoms with Crippen molar-refractivity contribution in [3.63, 3.8) is 0 Å². The summed E-state index contributed by atoms with van der Waals surface area (Å²) in [5.74, 6) is 0.707. The summed E-state index contributed by atoms with van der Waals surface area (Å²) in [6.45, 7) is 6.57. The molecule has 0 saturated carbocycles. The van der Waals surface area contributed by atoms with Gasteiger partial charge in [0.2, 0.25) is 10.0 Å². The highest BCUT2D eigenvalue weighted by molar-refractivity contribution is 7.89. The summed E-state index contributed by atoms with van der Waals surface area (Å²) in [5, 5.41) is 1.01. The molecule has 4 aromatic rings. The van der Waals surface area contributed by atoms with Gasteiger partial charge < -0.3 is 18.9 Å². The summed E-state index contributed by atoms with van der Waals surface area (Å²) >= 11 is 0. The van der Waals surface area contributed by atoms with Crippen molar-refractivity contribution in [2.75, 3.05) is 44.9 Å². The molecule has 0 bridgehead atoms. The van der Waals surface area contributed by atoms with Crippen molar-refractivity contribution in [2.24, 2.45) is 0 Å². The Morgan fingerprint density at radius 3 is 2.59 bits per heavy atom. The standard InChI is InChI=1S/C32H33N3O5S/c1-22-8-9-23(2)31(18-22)40-17-12-34-21-24(26-6-4-5-7-30(26)34)19-28-27-20-25(10-11-29(27)33(3)32(28)36)41(37,38)35-13-15-39-16-14-35/h4-11,18-21H,12-17H2,1-3H3. The van der Waals surface area contributed by atoms with Gasteiger partial charge in [-0.05, 0) is 61.4 Å². The van der Waals surface area contributed by atoms with Gasteiger partial charge in [-0.25, -0.2) is 8.42 Å². The van der Waals surface area contributed by atoms with Gasteiger partial charge in [-0.1, -0.05) is 30.3 Å². The first-order chi connectivity index (χ1) is 19.7. The summed E-state index contributed by atoms with van der Waals surface area (Å²) < 4.78 is 41.8. The molecule has 1 aromatic heterocycles. The fraction of sp³-hybridized carbons (Fsp3) is 0.281. The summed E-state index contributed by atoms with van der Waals surface area (Å²) in [6, 6.07) is 19.2. The van der Waals surface area contributed by atoms with Crippen molar-refractivity contribution >= 4 is 44.2 Å². The zero-order chi connectivity index (χ0) is 28.7. The van der Waals surface area contributed by atoms with E-state index >= 15 is 0 Å². The molecule has 0 N–H and O–H groups in total. The summed E-state index contributed by atoms with van der Waals surface area (Å²) in [5.41, 5.74) is 5.94. The fourth-order valence-corrected chi connectivity index (χ4v) is 6.95. The number of nitrogens with zero attached hydrogens (tertiary/aromatic N) is 3. The number of aryl methyl sites for hydroxylation is 2. The predicted molar refractivity (Wildman–Crippen MR) is 161 cm³/mol. The molecule has 0 aliphatic carbocycles. The molecular weight excluding hydrogens is 538 g/mol. The third-order valence-corrected chi connectivity index (χ3v) is 9.71. The molecule has 1 amide bonds. The van der Waals surface area contributed by atoms with Gasteiger partial charge >= 0.3 is 0 Å². The zero-order valence-electron chi connectivity index (χ0n) is 23.5. The Morgan fingerprint density at radius 1 is 1.00 bits per heavy atom. The van der Waals surface area contributed by atoms with Gasteiger partial charge in [-0.15, -0.1) is 0 Å². The Bertz CT molecular complexity index is 1780. The first-order valence-corrected chi connectivity index (χ1v) is 15.2. The largest absolute Gasteiger partial charge is 0.491 e. The molecule has 8 nitrogen and oxygen atoms in total. The van der Waals surface area contributed by atoms with Gasteiger partial charge in [-0.3, -0.25) is 4.79 Å². The number of anilines is 1. The number of para-hydroxylation sites is 1. The van der Waals surface area contributed by atoms with Crippen LogP contribution in [0.2, 0.25) is 0 Å². The number of rotatable bonds is 7. The molecule has 3 heterocycles. The predicted octanol–water partition coefficient (Wildman–Crippen LogP) is 4.88. The van der Waals surface area contributed by atoms with Crippen molar-refractivity contribution in [2.45, 2.75) is 25.3 Å². The number of amides is 1. The quantitative estimate of drug-likeness (QED) is 0.296. The number of fused-ring (bicyclic) bond motifs is 2. The van der Waals surface area contributed by atoms with Gasteiger partial charge in [0.1, 0.15) is 12.4 Å². The number of aromatic nitrogens is 1. The topological polar surface area (TPSA) is 81.1 Å². The minimum absolute atomic E-state index is 0.170. The van der Waals surface area contributed by atoms with E-state index in [0.717, 1.165) is 33.3 Å². The lowest BCUT2D eigenvalue weighted by Crippen LogP contribution is -2.40. The second kappa shape index (κ2) is 10.8. The summed E-state index contributed by atoms with van der Waals surface area (Å²) in [4.78, 5) is 15.2. The number of ether oxygens (including phenoxy) is 2. The fourth-order valence-electron chi connectivity index (χ4n) is 5.51. The zero-order valence-corrected chi connectivity index (χ0v) is 24.3. The molecular formula is C32H33N3O5S. The Kier molecular flexibility index (Phi) is 7.19. The molecule has 6 rings (SSSR count). The molecule has 0 spiro atoms. The highest BCUT2D eigenvalue weighted by Gasteiger charge is 2.33. The number of carbonyl (C=O) groups excluding carboxylic acids is 1. The molecule has 3 aromatic carbocycles. The lowest BCUT2D eigenvalue weighted by Gasteiger charge is -2.26. The Labute approximate surface area is 240 Å². The van der Waals surface area contributed by atoms with E-state index < -0.39 is 10.0 Å². The van der Waals surface area contributed by atoms with Crippen LogP contribution in [0.4, 0.5) is 5.69 Å². The molecule has 0 atom stereocenters. The average Bonchev–Trinajstić information content (AvgIpc) is 3.45. The maximum atomic E-state index is 13.4. The van der Waals surface area contributed by atoms with Gasteiger partial charge in [-0.2, -0.15) is 4.31 Å². The van der Waals surface area contributed by atoms with Crippen LogP contribution < -0.4 is 9.64 Å². The number of benzene rings is 3. The smallest absolute Gasteiger partial charge is 0.258 e. The Hall–Kier alpha value is -3.92. The van der Waals surface area contributed by atoms with E-state index in [1.807, 2.05) is 50.4 Å². The van der Waals surface area contributed by atoms with Gasteiger partial charge in [0.05, 0.1) is 30.3 Å².